The molecule has 0 N–H and O–H groups in total. The van der Waals surface area contributed by atoms with E-state index in [-0.39, 0.29) is 0 Å². The van der Waals surface area contributed by atoms with Crippen LogP contribution in [0.15, 0.2) is 99.2 Å². The average molecular weight is 689 g/mol. The monoisotopic (exact) mass is 689 g/mol. The van der Waals surface area contributed by atoms with E-state index >= 15 is 0 Å². The van der Waals surface area contributed by atoms with Crippen LogP contribution in [0.3, 0.4) is 0 Å². The summed E-state index contributed by atoms with van der Waals surface area (Å²) in [5, 5.41) is 0. The maximum atomic E-state index is 3.48. The van der Waals surface area contributed by atoms with Gasteiger partial charge in [-0.3, -0.25) is 0 Å². The lowest BCUT2D eigenvalue weighted by Gasteiger charge is -1.60. The van der Waals surface area contributed by atoms with Crippen molar-refractivity contribution in [3.63, 3.8) is 0 Å². The van der Waals surface area contributed by atoms with E-state index in [0.717, 1.165) is 6.42 Å². The maximum absolute atomic E-state index is 3.48. The second-order valence-electron chi connectivity index (χ2n) is 5.77. The Morgan fingerprint density at radius 3 is 0.438 bits per heavy atom. The first-order valence-corrected chi connectivity index (χ1v) is 20.2. The summed E-state index contributed by atoms with van der Waals surface area (Å²) in [6.07, 6.45) is 27.4. The molecule has 304 valence electrons. The van der Waals surface area contributed by atoms with Crippen molar-refractivity contribution in [1.82, 2.24) is 0 Å². The Bertz CT molecular complexity index is 315. The van der Waals surface area contributed by atoms with E-state index in [9.17, 15) is 0 Å². The summed E-state index contributed by atoms with van der Waals surface area (Å²) in [7, 11) is 0. The Hall–Kier alpha value is -2.08. The summed E-state index contributed by atoms with van der Waals surface area (Å²) in [5.41, 5.74) is 0. The van der Waals surface area contributed by atoms with Crippen molar-refractivity contribution in [3.05, 3.63) is 99.2 Å². The zero-order valence-corrected chi connectivity index (χ0v) is 40.6. The Morgan fingerprint density at radius 1 is 0.292 bits per heavy atom. The van der Waals surface area contributed by atoms with E-state index in [4.69, 9.17) is 0 Å². The molecule has 0 heterocycles. The summed E-state index contributed by atoms with van der Waals surface area (Å²) in [6.45, 7) is 70.6. The second-order valence-corrected chi connectivity index (χ2v) is 5.77. The Morgan fingerprint density at radius 2 is 0.417 bits per heavy atom. The van der Waals surface area contributed by atoms with Crippen LogP contribution in [-0.2, 0) is 0 Å². The van der Waals surface area contributed by atoms with Crippen LogP contribution in [0, 0.1) is 0 Å². The van der Waals surface area contributed by atoms with Crippen molar-refractivity contribution in [3.8, 4) is 0 Å². The molecular weight excluding hydrogens is 577 g/mol. The molecule has 0 saturated heterocycles. The normalized spacial score (nSPS) is 6.25. The third-order valence-electron chi connectivity index (χ3n) is 1.67. The van der Waals surface area contributed by atoms with Crippen LogP contribution in [0.4, 0.5) is 0 Å². The zero-order valence-electron chi connectivity index (χ0n) is 40.6. The smallest absolute Gasteiger partial charge is 0.0382 e. The molecule has 0 aliphatic carbocycles. The standard InChI is InChI=1S/C6H8.C5H8.3C4H8.3C3H8.8C2H6/c1-3-5-6-4-2;1-3-5-4-2;3*1-3-4-2;3*1-3-2;8*1-2/h3-6H,1-2H2;3-5H,1H2,2H3;2*3-4H,1-2H3;3H,1,4H2,2H3;3*3H2,1-2H3;8*1-2H3/b6-5-;5-4-;2*4-3-;;;;;;;;;;;;. The van der Waals surface area contributed by atoms with E-state index in [1.807, 2.05) is 200 Å². The van der Waals surface area contributed by atoms with E-state index in [1.165, 1.54) is 19.3 Å². The topological polar surface area (TPSA) is 0 Å². The summed E-state index contributed by atoms with van der Waals surface area (Å²) in [6, 6.07) is 0. The van der Waals surface area contributed by atoms with Crippen LogP contribution in [0.5, 0.6) is 0 Å². The number of rotatable bonds is 4. The molecule has 0 aliphatic heterocycles. The number of hydrogen-bond acceptors (Lipinski definition) is 0. The molecule has 0 saturated carbocycles. The van der Waals surface area contributed by atoms with Crippen LogP contribution >= 0.6 is 0 Å². The largest absolute Gasteiger partial charge is 0.103 e. The van der Waals surface area contributed by atoms with Gasteiger partial charge in [-0.25, -0.2) is 0 Å². The third kappa shape index (κ3) is 2310. The fraction of sp³-hybridized carbons (Fsp3) is 0.667. The van der Waals surface area contributed by atoms with Gasteiger partial charge in [-0.05, 0) is 41.0 Å². The van der Waals surface area contributed by atoms with Crippen molar-refractivity contribution in [1.29, 1.82) is 0 Å². The van der Waals surface area contributed by atoms with Crippen molar-refractivity contribution < 1.29 is 0 Å². The Kier molecular flexibility index (Phi) is 964. The first kappa shape index (κ1) is 104. The van der Waals surface area contributed by atoms with Crippen molar-refractivity contribution in [2.24, 2.45) is 0 Å². The predicted molar refractivity (Wildman–Crippen MR) is 255 cm³/mol. The first-order chi connectivity index (χ1) is 23.3. The summed E-state index contributed by atoms with van der Waals surface area (Å²) in [4.78, 5) is 0. The van der Waals surface area contributed by atoms with Crippen LogP contribution in [0.2, 0.25) is 0 Å². The maximum Gasteiger partial charge on any atom is -0.0382 e. The van der Waals surface area contributed by atoms with Gasteiger partial charge in [0, 0.05) is 0 Å². The molecule has 0 nitrogen and oxygen atoms in total. The summed E-state index contributed by atoms with van der Waals surface area (Å²) in [5.74, 6) is 0. The molecule has 0 amide bonds. The second kappa shape index (κ2) is 447. The minimum Gasteiger partial charge on any atom is -0.103 e. The minimum absolute atomic E-state index is 1.08. The molecule has 0 spiro atoms. The average Bonchev–Trinajstić information content (AvgIpc) is 3.19. The molecule has 0 fully saturated rings. The van der Waals surface area contributed by atoms with E-state index < -0.39 is 0 Å². The molecule has 0 rings (SSSR count). The predicted octanol–water partition coefficient (Wildman–Crippen LogP) is 20.9. The fourth-order valence-corrected chi connectivity index (χ4v) is 0.293. The lowest BCUT2D eigenvalue weighted by molar-refractivity contribution is 1.09. The lowest BCUT2D eigenvalue weighted by Crippen LogP contribution is -1.38. The zero-order chi connectivity index (χ0) is 43.3. The Labute approximate surface area is 317 Å². The van der Waals surface area contributed by atoms with E-state index in [1.54, 1.807) is 18.2 Å². The molecule has 0 aromatic rings. The molecular formula is C48H112. The highest BCUT2D eigenvalue weighted by Gasteiger charge is 1.47. The van der Waals surface area contributed by atoms with Gasteiger partial charge in [0.25, 0.3) is 0 Å². The molecule has 0 aromatic carbocycles. The highest BCUT2D eigenvalue weighted by atomic mass is 13.6. The van der Waals surface area contributed by atoms with Crippen LogP contribution in [-0.4, -0.2) is 0 Å². The van der Waals surface area contributed by atoms with Gasteiger partial charge in [0.15, 0.2) is 0 Å². The summed E-state index contributed by atoms with van der Waals surface area (Å²) < 4.78 is 0. The molecule has 0 aromatic heterocycles. The van der Waals surface area contributed by atoms with E-state index in [0.29, 0.717) is 0 Å². The van der Waals surface area contributed by atoms with Gasteiger partial charge < -0.3 is 0 Å². The van der Waals surface area contributed by atoms with Gasteiger partial charge in [0.1, 0.15) is 0 Å². The Balaban J connectivity index is -0.0000000165. The highest BCUT2D eigenvalue weighted by Crippen LogP contribution is 1.69. The molecule has 0 aliphatic rings. The molecule has 0 unspecified atom stereocenters. The molecule has 48 heavy (non-hydrogen) atoms. The van der Waals surface area contributed by atoms with Gasteiger partial charge in [-0.1, -0.05) is 271 Å². The third-order valence-corrected chi connectivity index (χ3v) is 1.67. The van der Waals surface area contributed by atoms with Crippen molar-refractivity contribution >= 4 is 0 Å². The van der Waals surface area contributed by atoms with Crippen LogP contribution < -0.4 is 0 Å². The quantitative estimate of drug-likeness (QED) is 0.204. The minimum atomic E-state index is 1.08. The van der Waals surface area contributed by atoms with Gasteiger partial charge >= 0.3 is 0 Å². The number of allylic oxidation sites excluding steroid dienone is 12. The van der Waals surface area contributed by atoms with Crippen LogP contribution in [0.25, 0.3) is 0 Å². The number of hydrogen-bond donors (Lipinski definition) is 0. The fourth-order valence-electron chi connectivity index (χ4n) is 0.293. The van der Waals surface area contributed by atoms with Gasteiger partial charge in [-0.15, -0.1) is 6.58 Å². The van der Waals surface area contributed by atoms with Gasteiger partial charge in [0.05, 0.1) is 0 Å². The van der Waals surface area contributed by atoms with Gasteiger partial charge in [0.2, 0.25) is 0 Å². The molecule has 0 bridgehead atoms. The SMILES string of the molecule is C/C=C\C.C/C=C\C.C=C/C=C\C.C=C/C=C\C=C.C=CCC.CC.CC.CC.CC.CC.CC.CC.CC.CCC.CCC.CCC. The highest BCUT2D eigenvalue weighted by molar-refractivity contribution is 5.05. The van der Waals surface area contributed by atoms with Crippen LogP contribution in [0.1, 0.15) is 220 Å². The molecule has 0 radical (unpaired) electrons. The lowest BCUT2D eigenvalue weighted by atomic mass is 10.5. The van der Waals surface area contributed by atoms with E-state index in [2.05, 4.69) is 74.8 Å². The van der Waals surface area contributed by atoms with Crippen molar-refractivity contribution in [2.75, 3.05) is 0 Å². The first-order valence-electron chi connectivity index (χ1n) is 20.2. The molecule has 0 atom stereocenters. The summed E-state index contributed by atoms with van der Waals surface area (Å²) >= 11 is 0. The van der Waals surface area contributed by atoms with Crippen molar-refractivity contribution in [2.45, 2.75) is 220 Å². The molecule has 0 heteroatoms. The van der Waals surface area contributed by atoms with Gasteiger partial charge in [-0.2, -0.15) is 0 Å².